The summed E-state index contributed by atoms with van der Waals surface area (Å²) >= 11 is 3.52. The second-order valence-corrected chi connectivity index (χ2v) is 6.17. The molecule has 0 aromatic heterocycles. The first-order valence-corrected chi connectivity index (χ1v) is 7.77. The highest BCUT2D eigenvalue weighted by Crippen LogP contribution is 2.29. The number of anilines is 1. The molecule has 1 aliphatic rings. The molecule has 0 amide bonds. The quantitative estimate of drug-likeness (QED) is 0.746. The van der Waals surface area contributed by atoms with Gasteiger partial charge in [-0.15, -0.1) is 0 Å². The van der Waals surface area contributed by atoms with Gasteiger partial charge in [0.15, 0.2) is 0 Å². The summed E-state index contributed by atoms with van der Waals surface area (Å²) in [5, 5.41) is 0. The van der Waals surface area contributed by atoms with E-state index in [0.29, 0.717) is 6.54 Å². The lowest BCUT2D eigenvalue weighted by atomic mass is 10.1. The molecule has 2 N–H and O–H groups in total. The highest BCUT2D eigenvalue weighted by Gasteiger charge is 2.21. The van der Waals surface area contributed by atoms with Gasteiger partial charge in [-0.25, -0.2) is 0 Å². The normalized spacial score (nSPS) is 14.7. The Hall–Kier alpha value is -0.580. The summed E-state index contributed by atoms with van der Waals surface area (Å²) < 4.78 is 6.81. The summed E-state index contributed by atoms with van der Waals surface area (Å²) in [6.45, 7) is 3.33. The fourth-order valence-electron chi connectivity index (χ4n) is 2.14. The molecule has 19 heavy (non-hydrogen) atoms. The van der Waals surface area contributed by atoms with Crippen LogP contribution in [-0.4, -0.2) is 33.4 Å². The lowest BCUT2D eigenvalue weighted by Gasteiger charge is -2.22. The van der Waals surface area contributed by atoms with E-state index >= 15 is 0 Å². The lowest BCUT2D eigenvalue weighted by Crippen LogP contribution is -2.24. The van der Waals surface area contributed by atoms with Crippen LogP contribution in [0.2, 0.25) is 0 Å². The first-order chi connectivity index (χ1) is 9.20. The Morgan fingerprint density at radius 1 is 1.42 bits per heavy atom. The van der Waals surface area contributed by atoms with E-state index < -0.39 is 0 Å². The molecule has 2 rings (SSSR count). The van der Waals surface area contributed by atoms with Crippen LogP contribution in [0.5, 0.6) is 0 Å². The number of halogens is 1. The number of rotatable bonds is 8. The lowest BCUT2D eigenvalue weighted by molar-refractivity contribution is 0.131. The number of ether oxygens (including phenoxy) is 1. The van der Waals surface area contributed by atoms with Gasteiger partial charge in [0.05, 0.1) is 6.61 Å². The first-order valence-electron chi connectivity index (χ1n) is 6.98. The van der Waals surface area contributed by atoms with E-state index in [4.69, 9.17) is 10.5 Å². The minimum Gasteiger partial charge on any atom is -0.379 e. The predicted molar refractivity (Wildman–Crippen MR) is 83.7 cm³/mol. The van der Waals surface area contributed by atoms with Crippen molar-refractivity contribution in [1.29, 1.82) is 0 Å². The van der Waals surface area contributed by atoms with Gasteiger partial charge in [-0.2, -0.15) is 0 Å². The van der Waals surface area contributed by atoms with Crippen molar-refractivity contribution in [3.8, 4) is 0 Å². The molecule has 1 fully saturated rings. The minimum absolute atomic E-state index is 0.676. The Balaban J connectivity index is 1.86. The van der Waals surface area contributed by atoms with Gasteiger partial charge < -0.3 is 15.4 Å². The molecule has 0 aliphatic heterocycles. The van der Waals surface area contributed by atoms with Gasteiger partial charge in [0.1, 0.15) is 0 Å². The molecule has 0 atom stereocenters. The van der Waals surface area contributed by atoms with Crippen LogP contribution in [0.3, 0.4) is 0 Å². The average molecular weight is 327 g/mol. The molecule has 4 heteroatoms. The SMILES string of the molecule is CN(CCOCC1CC1)c1ccc(Br)cc1CCN. The Labute approximate surface area is 124 Å². The van der Waals surface area contributed by atoms with Crippen LogP contribution >= 0.6 is 15.9 Å². The smallest absolute Gasteiger partial charge is 0.0641 e. The van der Waals surface area contributed by atoms with Crippen molar-refractivity contribution in [1.82, 2.24) is 0 Å². The van der Waals surface area contributed by atoms with Crippen LogP contribution < -0.4 is 10.6 Å². The van der Waals surface area contributed by atoms with Crippen LogP contribution in [0.4, 0.5) is 5.69 Å². The average Bonchev–Trinajstić information content (AvgIpc) is 3.19. The van der Waals surface area contributed by atoms with Crippen molar-refractivity contribution >= 4 is 21.6 Å². The molecule has 1 aromatic carbocycles. The first kappa shape index (κ1) is 14.8. The molecular weight excluding hydrogens is 304 g/mol. The molecule has 0 heterocycles. The van der Waals surface area contributed by atoms with Crippen LogP contribution in [-0.2, 0) is 11.2 Å². The van der Waals surface area contributed by atoms with Gasteiger partial charge in [0.2, 0.25) is 0 Å². The van der Waals surface area contributed by atoms with E-state index in [9.17, 15) is 0 Å². The Kier molecular flexibility index (Phi) is 5.67. The van der Waals surface area contributed by atoms with Crippen LogP contribution in [0.15, 0.2) is 22.7 Å². The second-order valence-electron chi connectivity index (χ2n) is 5.25. The highest BCUT2D eigenvalue weighted by molar-refractivity contribution is 9.10. The third-order valence-corrected chi connectivity index (χ3v) is 3.98. The molecule has 1 aromatic rings. The third kappa shape index (κ3) is 4.79. The van der Waals surface area contributed by atoms with Gasteiger partial charge >= 0.3 is 0 Å². The monoisotopic (exact) mass is 326 g/mol. The van der Waals surface area contributed by atoms with Crippen molar-refractivity contribution in [2.75, 3.05) is 38.3 Å². The molecule has 0 saturated heterocycles. The van der Waals surface area contributed by atoms with Crippen molar-refractivity contribution in [3.05, 3.63) is 28.2 Å². The van der Waals surface area contributed by atoms with Gasteiger partial charge in [0, 0.05) is 30.4 Å². The molecule has 1 aliphatic carbocycles. The summed E-state index contributed by atoms with van der Waals surface area (Å²) in [5.41, 5.74) is 8.23. The molecule has 0 bridgehead atoms. The molecule has 0 spiro atoms. The summed E-state index contributed by atoms with van der Waals surface area (Å²) in [4.78, 5) is 2.25. The Morgan fingerprint density at radius 2 is 2.21 bits per heavy atom. The zero-order chi connectivity index (χ0) is 13.7. The number of nitrogens with zero attached hydrogens (tertiary/aromatic N) is 1. The van der Waals surface area contributed by atoms with Gasteiger partial charge in [-0.1, -0.05) is 15.9 Å². The van der Waals surface area contributed by atoms with Crippen molar-refractivity contribution in [2.24, 2.45) is 11.7 Å². The van der Waals surface area contributed by atoms with Gasteiger partial charge in [0.25, 0.3) is 0 Å². The van der Waals surface area contributed by atoms with Gasteiger partial charge in [-0.05, 0) is 55.5 Å². The maximum absolute atomic E-state index is 5.70. The maximum atomic E-state index is 5.70. The summed E-state index contributed by atoms with van der Waals surface area (Å²) in [7, 11) is 2.11. The Bertz CT molecular complexity index is 407. The van der Waals surface area contributed by atoms with E-state index in [-0.39, 0.29) is 0 Å². The van der Waals surface area contributed by atoms with E-state index in [1.54, 1.807) is 0 Å². The van der Waals surface area contributed by atoms with Crippen molar-refractivity contribution < 1.29 is 4.74 Å². The molecule has 3 nitrogen and oxygen atoms in total. The second kappa shape index (κ2) is 7.27. The van der Waals surface area contributed by atoms with Crippen LogP contribution in [0.25, 0.3) is 0 Å². The topological polar surface area (TPSA) is 38.5 Å². The van der Waals surface area contributed by atoms with E-state index in [1.165, 1.54) is 24.1 Å². The highest BCUT2D eigenvalue weighted by atomic mass is 79.9. The van der Waals surface area contributed by atoms with E-state index in [0.717, 1.165) is 36.6 Å². The number of benzene rings is 1. The molecule has 1 saturated carbocycles. The molecule has 0 radical (unpaired) electrons. The summed E-state index contributed by atoms with van der Waals surface area (Å²) in [6.07, 6.45) is 3.61. The number of hydrogen-bond acceptors (Lipinski definition) is 3. The van der Waals surface area contributed by atoms with Gasteiger partial charge in [-0.3, -0.25) is 0 Å². The van der Waals surface area contributed by atoms with Crippen molar-refractivity contribution in [2.45, 2.75) is 19.3 Å². The third-order valence-electron chi connectivity index (χ3n) is 3.49. The molecular formula is C15H23BrN2O. The van der Waals surface area contributed by atoms with Crippen LogP contribution in [0, 0.1) is 5.92 Å². The molecule has 106 valence electrons. The standard InChI is InChI=1S/C15H23BrN2O/c1-18(8-9-19-11-12-2-3-12)15-5-4-14(16)10-13(15)6-7-17/h4-5,10,12H,2-3,6-9,11,17H2,1H3. The van der Waals surface area contributed by atoms with E-state index in [2.05, 4.69) is 46.1 Å². The maximum Gasteiger partial charge on any atom is 0.0641 e. The fraction of sp³-hybridized carbons (Fsp3) is 0.600. The predicted octanol–water partition coefficient (Wildman–Crippen LogP) is 2.81. The zero-order valence-electron chi connectivity index (χ0n) is 11.6. The minimum atomic E-state index is 0.676. The summed E-state index contributed by atoms with van der Waals surface area (Å²) in [5.74, 6) is 0.839. The number of nitrogens with two attached hydrogens (primary N) is 1. The van der Waals surface area contributed by atoms with E-state index in [1.807, 2.05) is 0 Å². The number of hydrogen-bond donors (Lipinski definition) is 1. The van der Waals surface area contributed by atoms with Crippen molar-refractivity contribution in [3.63, 3.8) is 0 Å². The molecule has 0 unspecified atom stereocenters. The Morgan fingerprint density at radius 3 is 2.89 bits per heavy atom. The zero-order valence-corrected chi connectivity index (χ0v) is 13.2. The number of likely N-dealkylation sites (N-methyl/N-ethyl adjacent to an activating group) is 1. The van der Waals surface area contributed by atoms with Crippen LogP contribution in [0.1, 0.15) is 18.4 Å². The summed E-state index contributed by atoms with van der Waals surface area (Å²) in [6, 6.07) is 6.39. The largest absolute Gasteiger partial charge is 0.379 e. The fourth-order valence-corrected chi connectivity index (χ4v) is 2.55.